The lowest BCUT2D eigenvalue weighted by Gasteiger charge is -2.36. The van der Waals surface area contributed by atoms with Crippen molar-refractivity contribution in [2.24, 2.45) is 0 Å². The Morgan fingerprint density at radius 1 is 1.30 bits per heavy atom. The maximum absolute atomic E-state index is 11.5. The van der Waals surface area contributed by atoms with Crippen LogP contribution in [0.25, 0.3) is 0 Å². The van der Waals surface area contributed by atoms with Crippen LogP contribution in [0.3, 0.4) is 0 Å². The van der Waals surface area contributed by atoms with Crippen molar-refractivity contribution >= 4 is 6.09 Å². The van der Waals surface area contributed by atoms with Gasteiger partial charge in [-0.25, -0.2) is 4.79 Å². The van der Waals surface area contributed by atoms with Gasteiger partial charge < -0.3 is 20.1 Å². The summed E-state index contributed by atoms with van der Waals surface area (Å²) in [6.45, 7) is 13.5. The quantitative estimate of drug-likeness (QED) is 0.556. The van der Waals surface area contributed by atoms with E-state index in [1.165, 1.54) is 0 Å². The molecule has 1 rings (SSSR count). The smallest absolute Gasteiger partial charge is 0.407 e. The van der Waals surface area contributed by atoms with E-state index < -0.39 is 5.60 Å². The van der Waals surface area contributed by atoms with Crippen molar-refractivity contribution < 1.29 is 14.3 Å². The first kappa shape index (κ1) is 17.0. The first-order valence-electron chi connectivity index (χ1n) is 7.21. The molecule has 0 spiro atoms. The first-order chi connectivity index (χ1) is 9.26. The van der Waals surface area contributed by atoms with Gasteiger partial charge in [0.05, 0.1) is 13.2 Å². The van der Waals surface area contributed by atoms with Crippen LogP contribution >= 0.6 is 0 Å². The molecule has 0 aromatic heterocycles. The number of alkyl carbamates (subject to hydrolysis) is 1. The predicted octanol–water partition coefficient (Wildman–Crippen LogP) is 2.22. The third-order valence-corrected chi connectivity index (χ3v) is 2.89. The van der Waals surface area contributed by atoms with Crippen LogP contribution in [0.15, 0.2) is 12.2 Å². The Morgan fingerprint density at radius 3 is 2.50 bits per heavy atom. The number of ether oxygens (including phenoxy) is 2. The molecule has 1 aliphatic carbocycles. The number of nitrogens with one attached hydrogen (secondary N) is 2. The summed E-state index contributed by atoms with van der Waals surface area (Å²) in [7, 11) is 0. The fourth-order valence-corrected chi connectivity index (χ4v) is 1.96. The second-order valence-electron chi connectivity index (χ2n) is 6.48. The number of carbonyl (C=O) groups excluding carboxylic acids is 1. The van der Waals surface area contributed by atoms with Crippen LogP contribution < -0.4 is 10.6 Å². The molecule has 5 nitrogen and oxygen atoms in total. The summed E-state index contributed by atoms with van der Waals surface area (Å²) in [5.74, 6) is 0. The molecule has 0 heterocycles. The summed E-state index contributed by atoms with van der Waals surface area (Å²) in [6, 6.07) is 0.682. The molecule has 116 valence electrons. The van der Waals surface area contributed by atoms with Crippen molar-refractivity contribution in [1.29, 1.82) is 0 Å². The Labute approximate surface area is 122 Å². The molecule has 1 amide bonds. The lowest BCUT2D eigenvalue weighted by Crippen LogP contribution is -2.53. The van der Waals surface area contributed by atoms with Crippen LogP contribution in [-0.2, 0) is 9.47 Å². The minimum absolute atomic E-state index is 0.221. The van der Waals surface area contributed by atoms with Crippen molar-refractivity contribution in [3.8, 4) is 0 Å². The standard InChI is InChI=1S/C15H28N2O3/c1-11(2)10-19-7-6-16-12-8-13(9-12)17-14(18)20-15(3,4)5/h12-13,16H,1,6-10H2,2-5H3,(H,17,18). The summed E-state index contributed by atoms with van der Waals surface area (Å²) >= 11 is 0. The number of hydrogen-bond donors (Lipinski definition) is 2. The number of rotatable bonds is 7. The van der Waals surface area contributed by atoms with Crippen LogP contribution in [-0.4, -0.2) is 43.5 Å². The zero-order valence-corrected chi connectivity index (χ0v) is 13.1. The van der Waals surface area contributed by atoms with Gasteiger partial charge in [-0.1, -0.05) is 12.2 Å². The van der Waals surface area contributed by atoms with Crippen molar-refractivity contribution in [1.82, 2.24) is 10.6 Å². The molecular formula is C15H28N2O3. The molecule has 5 heteroatoms. The Kier molecular flexibility index (Phi) is 6.49. The molecule has 1 aliphatic rings. The van der Waals surface area contributed by atoms with Gasteiger partial charge in [0.1, 0.15) is 5.60 Å². The average molecular weight is 284 g/mol. The minimum Gasteiger partial charge on any atom is -0.444 e. The fourth-order valence-electron chi connectivity index (χ4n) is 1.96. The van der Waals surface area contributed by atoms with E-state index in [9.17, 15) is 4.79 Å². The fraction of sp³-hybridized carbons (Fsp3) is 0.800. The van der Waals surface area contributed by atoms with E-state index in [0.717, 1.165) is 25.0 Å². The zero-order valence-electron chi connectivity index (χ0n) is 13.1. The second kappa shape index (κ2) is 7.64. The van der Waals surface area contributed by atoms with E-state index >= 15 is 0 Å². The topological polar surface area (TPSA) is 59.6 Å². The largest absolute Gasteiger partial charge is 0.444 e. The molecule has 1 fully saturated rings. The van der Waals surface area contributed by atoms with Crippen molar-refractivity contribution in [3.63, 3.8) is 0 Å². The summed E-state index contributed by atoms with van der Waals surface area (Å²) in [4.78, 5) is 11.5. The lowest BCUT2D eigenvalue weighted by molar-refractivity contribution is 0.0463. The highest BCUT2D eigenvalue weighted by atomic mass is 16.6. The van der Waals surface area contributed by atoms with Gasteiger partial charge in [-0.3, -0.25) is 0 Å². The van der Waals surface area contributed by atoms with Crippen LogP contribution in [0.2, 0.25) is 0 Å². The Morgan fingerprint density at radius 2 is 1.95 bits per heavy atom. The highest BCUT2D eigenvalue weighted by Gasteiger charge is 2.31. The van der Waals surface area contributed by atoms with E-state index in [-0.39, 0.29) is 12.1 Å². The number of carbonyl (C=O) groups is 1. The van der Waals surface area contributed by atoms with Crippen molar-refractivity contribution in [2.75, 3.05) is 19.8 Å². The third-order valence-electron chi connectivity index (χ3n) is 2.89. The number of hydrogen-bond acceptors (Lipinski definition) is 4. The molecule has 0 unspecified atom stereocenters. The predicted molar refractivity (Wildman–Crippen MR) is 79.8 cm³/mol. The van der Waals surface area contributed by atoms with Crippen LogP contribution in [0.4, 0.5) is 4.79 Å². The normalized spacial score (nSPS) is 22.0. The molecule has 0 aromatic carbocycles. The van der Waals surface area contributed by atoms with Gasteiger partial charge in [0.15, 0.2) is 0 Å². The maximum Gasteiger partial charge on any atom is 0.407 e. The van der Waals surface area contributed by atoms with E-state index in [1.54, 1.807) is 0 Å². The van der Waals surface area contributed by atoms with Gasteiger partial charge in [0, 0.05) is 18.6 Å². The van der Waals surface area contributed by atoms with Gasteiger partial charge in [-0.05, 0) is 40.5 Å². The van der Waals surface area contributed by atoms with Crippen LogP contribution in [0, 0.1) is 0 Å². The highest BCUT2D eigenvalue weighted by Crippen LogP contribution is 2.20. The Bertz CT molecular complexity index is 331. The SMILES string of the molecule is C=C(C)COCCNC1CC(NC(=O)OC(C)(C)C)C1. The molecule has 0 atom stereocenters. The van der Waals surface area contributed by atoms with Crippen LogP contribution in [0.5, 0.6) is 0 Å². The molecule has 2 N–H and O–H groups in total. The summed E-state index contributed by atoms with van der Waals surface area (Å²) in [5, 5.41) is 6.27. The minimum atomic E-state index is -0.438. The van der Waals surface area contributed by atoms with Crippen molar-refractivity contribution in [3.05, 3.63) is 12.2 Å². The molecule has 0 saturated heterocycles. The Hall–Kier alpha value is -1.07. The second-order valence-corrected chi connectivity index (χ2v) is 6.48. The zero-order chi connectivity index (χ0) is 15.2. The summed E-state index contributed by atoms with van der Waals surface area (Å²) in [5.41, 5.74) is 0.599. The Balaban J connectivity index is 2.00. The first-order valence-corrected chi connectivity index (χ1v) is 7.21. The molecule has 1 saturated carbocycles. The third kappa shape index (κ3) is 7.50. The maximum atomic E-state index is 11.5. The molecule has 0 bridgehead atoms. The van der Waals surface area contributed by atoms with Gasteiger partial charge >= 0.3 is 6.09 Å². The molecule has 0 aromatic rings. The van der Waals surface area contributed by atoms with Gasteiger partial charge in [0.25, 0.3) is 0 Å². The lowest BCUT2D eigenvalue weighted by atomic mass is 9.87. The van der Waals surface area contributed by atoms with E-state index in [4.69, 9.17) is 9.47 Å². The molecule has 0 radical (unpaired) electrons. The van der Waals surface area contributed by atoms with E-state index in [0.29, 0.717) is 19.3 Å². The molecular weight excluding hydrogens is 256 g/mol. The monoisotopic (exact) mass is 284 g/mol. The van der Waals surface area contributed by atoms with Gasteiger partial charge in [-0.2, -0.15) is 0 Å². The van der Waals surface area contributed by atoms with Gasteiger partial charge in [0.2, 0.25) is 0 Å². The van der Waals surface area contributed by atoms with Gasteiger partial charge in [-0.15, -0.1) is 0 Å². The average Bonchev–Trinajstić information content (AvgIpc) is 2.21. The highest BCUT2D eigenvalue weighted by molar-refractivity contribution is 5.68. The number of amides is 1. The van der Waals surface area contributed by atoms with Crippen molar-refractivity contribution in [2.45, 2.75) is 58.2 Å². The summed E-state index contributed by atoms with van der Waals surface area (Å²) in [6.07, 6.45) is 1.56. The molecule has 20 heavy (non-hydrogen) atoms. The van der Waals surface area contributed by atoms with E-state index in [1.807, 2.05) is 27.7 Å². The molecule has 0 aliphatic heterocycles. The van der Waals surface area contributed by atoms with Crippen LogP contribution in [0.1, 0.15) is 40.5 Å². The van der Waals surface area contributed by atoms with E-state index in [2.05, 4.69) is 17.2 Å². The summed E-state index contributed by atoms with van der Waals surface area (Å²) < 4.78 is 10.6.